The lowest BCUT2D eigenvalue weighted by Gasteiger charge is -2.12. The van der Waals surface area contributed by atoms with E-state index in [1.54, 1.807) is 18.2 Å². The van der Waals surface area contributed by atoms with E-state index in [0.717, 1.165) is 0 Å². The highest BCUT2D eigenvalue weighted by atomic mass is 35.5. The molecule has 2 rings (SSSR count). The first-order valence-electron chi connectivity index (χ1n) is 4.62. The van der Waals surface area contributed by atoms with Crippen molar-refractivity contribution in [3.63, 3.8) is 0 Å². The van der Waals surface area contributed by atoms with Crippen molar-refractivity contribution in [1.82, 2.24) is 14.8 Å². The van der Waals surface area contributed by atoms with Crippen LogP contribution in [0.1, 0.15) is 11.7 Å². The second-order valence-corrected chi connectivity index (χ2v) is 4.14. The SMILES string of the molecule is O[C@@H](Cn1cncn1)c1ccc(Cl)cc1Cl. The van der Waals surface area contributed by atoms with Gasteiger partial charge in [-0.05, 0) is 12.1 Å². The van der Waals surface area contributed by atoms with Crippen LogP contribution >= 0.6 is 23.2 Å². The molecule has 0 radical (unpaired) electrons. The van der Waals surface area contributed by atoms with Crippen LogP contribution in [0, 0.1) is 0 Å². The molecular weight excluding hydrogens is 249 g/mol. The molecule has 2 aromatic rings. The Morgan fingerprint density at radius 3 is 2.81 bits per heavy atom. The molecule has 0 aliphatic carbocycles. The van der Waals surface area contributed by atoms with Crippen molar-refractivity contribution in [1.29, 1.82) is 0 Å². The second kappa shape index (κ2) is 4.82. The summed E-state index contributed by atoms with van der Waals surface area (Å²) >= 11 is 11.7. The van der Waals surface area contributed by atoms with Crippen LogP contribution in [-0.4, -0.2) is 19.9 Å². The molecule has 0 saturated carbocycles. The monoisotopic (exact) mass is 257 g/mol. The van der Waals surface area contributed by atoms with Gasteiger partial charge in [-0.2, -0.15) is 5.10 Å². The predicted molar refractivity (Wildman–Crippen MR) is 61.4 cm³/mol. The van der Waals surface area contributed by atoms with E-state index in [0.29, 0.717) is 22.2 Å². The second-order valence-electron chi connectivity index (χ2n) is 3.30. The summed E-state index contributed by atoms with van der Waals surface area (Å²) in [5.41, 5.74) is 0.626. The van der Waals surface area contributed by atoms with Crippen LogP contribution in [0.5, 0.6) is 0 Å². The maximum atomic E-state index is 9.95. The van der Waals surface area contributed by atoms with E-state index in [2.05, 4.69) is 10.1 Å². The Morgan fingerprint density at radius 1 is 1.38 bits per heavy atom. The van der Waals surface area contributed by atoms with Crippen LogP contribution in [0.25, 0.3) is 0 Å². The molecule has 0 bridgehead atoms. The summed E-state index contributed by atoms with van der Waals surface area (Å²) in [6, 6.07) is 4.99. The maximum Gasteiger partial charge on any atom is 0.137 e. The van der Waals surface area contributed by atoms with Gasteiger partial charge in [-0.25, -0.2) is 4.98 Å². The molecule has 4 nitrogen and oxygen atoms in total. The van der Waals surface area contributed by atoms with Gasteiger partial charge in [0.2, 0.25) is 0 Å². The van der Waals surface area contributed by atoms with Crippen LogP contribution in [0.15, 0.2) is 30.9 Å². The summed E-state index contributed by atoms with van der Waals surface area (Å²) in [5.74, 6) is 0. The lowest BCUT2D eigenvalue weighted by molar-refractivity contribution is 0.151. The van der Waals surface area contributed by atoms with Crippen LogP contribution in [0.4, 0.5) is 0 Å². The molecule has 0 aliphatic heterocycles. The third-order valence-electron chi connectivity index (χ3n) is 2.15. The number of aliphatic hydroxyl groups is 1. The first kappa shape index (κ1) is 11.4. The summed E-state index contributed by atoms with van der Waals surface area (Å²) in [5, 5.41) is 14.8. The minimum atomic E-state index is -0.730. The quantitative estimate of drug-likeness (QED) is 0.919. The molecule has 6 heteroatoms. The number of halogens is 2. The fraction of sp³-hybridized carbons (Fsp3) is 0.200. The van der Waals surface area contributed by atoms with E-state index in [-0.39, 0.29) is 0 Å². The average molecular weight is 258 g/mol. The Kier molecular flexibility index (Phi) is 3.43. The molecule has 0 saturated heterocycles. The molecule has 0 fully saturated rings. The normalized spacial score (nSPS) is 12.7. The van der Waals surface area contributed by atoms with E-state index >= 15 is 0 Å². The molecule has 1 aromatic carbocycles. The van der Waals surface area contributed by atoms with Crippen molar-refractivity contribution >= 4 is 23.2 Å². The zero-order valence-electron chi connectivity index (χ0n) is 8.22. The van der Waals surface area contributed by atoms with Gasteiger partial charge in [-0.15, -0.1) is 0 Å². The Labute approximate surface area is 102 Å². The minimum absolute atomic E-state index is 0.307. The largest absolute Gasteiger partial charge is 0.386 e. The molecule has 0 spiro atoms. The van der Waals surface area contributed by atoms with Crippen molar-refractivity contribution in [2.24, 2.45) is 0 Å². The molecule has 0 aliphatic rings. The Bertz CT molecular complexity index is 473. The number of benzene rings is 1. The van der Waals surface area contributed by atoms with Gasteiger partial charge in [0.05, 0.1) is 6.54 Å². The number of nitrogens with zero attached hydrogens (tertiary/aromatic N) is 3. The highest BCUT2D eigenvalue weighted by Gasteiger charge is 2.12. The number of aliphatic hydroxyl groups excluding tert-OH is 1. The van der Waals surface area contributed by atoms with Gasteiger partial charge in [0.1, 0.15) is 18.8 Å². The topological polar surface area (TPSA) is 50.9 Å². The standard InChI is InChI=1S/C10H9Cl2N3O/c11-7-1-2-8(9(12)3-7)10(16)4-15-6-13-5-14-15/h1-3,5-6,10,16H,4H2/t10-/m0/s1. The Balaban J connectivity index is 2.17. The van der Waals surface area contributed by atoms with Crippen LogP contribution in [0.3, 0.4) is 0 Å². The van der Waals surface area contributed by atoms with Crippen molar-refractivity contribution in [2.75, 3.05) is 0 Å². The van der Waals surface area contributed by atoms with Gasteiger partial charge in [-0.3, -0.25) is 4.68 Å². The first-order chi connectivity index (χ1) is 7.66. The third kappa shape index (κ3) is 2.52. The molecular formula is C10H9Cl2N3O. The summed E-state index contributed by atoms with van der Waals surface area (Å²) in [6.07, 6.45) is 2.22. The van der Waals surface area contributed by atoms with Crippen molar-refractivity contribution in [2.45, 2.75) is 12.6 Å². The van der Waals surface area contributed by atoms with Gasteiger partial charge in [0.15, 0.2) is 0 Å². The molecule has 1 aromatic heterocycles. The summed E-state index contributed by atoms with van der Waals surface area (Å²) in [4.78, 5) is 3.79. The van der Waals surface area contributed by atoms with Crippen molar-refractivity contribution in [3.05, 3.63) is 46.5 Å². The van der Waals surface area contributed by atoms with Gasteiger partial charge in [0, 0.05) is 15.6 Å². The Hall–Kier alpha value is -1.10. The molecule has 16 heavy (non-hydrogen) atoms. The summed E-state index contributed by atoms with van der Waals surface area (Å²) < 4.78 is 1.54. The molecule has 1 atom stereocenters. The Morgan fingerprint density at radius 2 is 2.19 bits per heavy atom. The van der Waals surface area contributed by atoms with Crippen molar-refractivity contribution in [3.8, 4) is 0 Å². The fourth-order valence-corrected chi connectivity index (χ4v) is 1.91. The van der Waals surface area contributed by atoms with E-state index in [1.165, 1.54) is 17.3 Å². The van der Waals surface area contributed by atoms with E-state index in [4.69, 9.17) is 23.2 Å². The van der Waals surface area contributed by atoms with Crippen LogP contribution < -0.4 is 0 Å². The zero-order chi connectivity index (χ0) is 11.5. The summed E-state index contributed by atoms with van der Waals surface area (Å²) in [6.45, 7) is 0.307. The van der Waals surface area contributed by atoms with Gasteiger partial charge in [0.25, 0.3) is 0 Å². The van der Waals surface area contributed by atoms with Gasteiger partial charge < -0.3 is 5.11 Å². The lowest BCUT2D eigenvalue weighted by Crippen LogP contribution is -2.09. The number of hydrogen-bond donors (Lipinski definition) is 1. The predicted octanol–water partition coefficient (Wildman–Crippen LogP) is 2.32. The highest BCUT2D eigenvalue weighted by molar-refractivity contribution is 6.35. The number of rotatable bonds is 3. The smallest absolute Gasteiger partial charge is 0.137 e. The average Bonchev–Trinajstić information content (AvgIpc) is 2.70. The van der Waals surface area contributed by atoms with Gasteiger partial charge >= 0.3 is 0 Å². The highest BCUT2D eigenvalue weighted by Crippen LogP contribution is 2.26. The van der Waals surface area contributed by atoms with Crippen LogP contribution in [0.2, 0.25) is 10.0 Å². The van der Waals surface area contributed by atoms with Crippen LogP contribution in [-0.2, 0) is 6.54 Å². The minimum Gasteiger partial charge on any atom is -0.386 e. The fourth-order valence-electron chi connectivity index (χ4n) is 1.37. The molecule has 0 amide bonds. The van der Waals surface area contributed by atoms with E-state index in [1.807, 2.05) is 0 Å². The number of hydrogen-bond acceptors (Lipinski definition) is 3. The maximum absolute atomic E-state index is 9.95. The molecule has 1 N–H and O–H groups in total. The first-order valence-corrected chi connectivity index (χ1v) is 5.38. The van der Waals surface area contributed by atoms with E-state index in [9.17, 15) is 5.11 Å². The zero-order valence-corrected chi connectivity index (χ0v) is 9.73. The third-order valence-corrected chi connectivity index (χ3v) is 2.71. The van der Waals surface area contributed by atoms with Crippen molar-refractivity contribution < 1.29 is 5.11 Å². The molecule has 1 heterocycles. The van der Waals surface area contributed by atoms with E-state index < -0.39 is 6.10 Å². The summed E-state index contributed by atoms with van der Waals surface area (Å²) in [7, 11) is 0. The van der Waals surface area contributed by atoms with Gasteiger partial charge in [-0.1, -0.05) is 29.3 Å². The number of aromatic nitrogens is 3. The lowest BCUT2D eigenvalue weighted by atomic mass is 10.1. The molecule has 84 valence electrons. The molecule has 0 unspecified atom stereocenters.